The van der Waals surface area contributed by atoms with Gasteiger partial charge in [-0.2, -0.15) is 0 Å². The summed E-state index contributed by atoms with van der Waals surface area (Å²) in [4.78, 5) is 32.8. The number of amides is 2. The van der Waals surface area contributed by atoms with Crippen LogP contribution in [-0.4, -0.2) is 102 Å². The number of aliphatic hydroxyl groups excluding tert-OH is 1. The monoisotopic (exact) mass is 360 g/mol. The summed E-state index contributed by atoms with van der Waals surface area (Å²) >= 11 is 0. The predicted octanol–water partition coefficient (Wildman–Crippen LogP) is -0.533. The minimum Gasteiger partial charge on any atom is -0.395 e. The van der Waals surface area contributed by atoms with E-state index in [1.165, 1.54) is 5.56 Å². The lowest BCUT2D eigenvalue weighted by atomic mass is 10.2. The fraction of sp³-hybridized carbons (Fsp3) is 0.579. The van der Waals surface area contributed by atoms with E-state index in [4.69, 9.17) is 5.11 Å². The first kappa shape index (κ1) is 18.8. The van der Waals surface area contributed by atoms with Gasteiger partial charge in [0, 0.05) is 65.4 Å². The third-order valence-electron chi connectivity index (χ3n) is 5.17. The van der Waals surface area contributed by atoms with E-state index in [2.05, 4.69) is 21.9 Å². The van der Waals surface area contributed by atoms with Crippen molar-refractivity contribution in [1.29, 1.82) is 0 Å². The maximum atomic E-state index is 12.5. The van der Waals surface area contributed by atoms with Crippen LogP contribution in [0.15, 0.2) is 30.3 Å². The summed E-state index contributed by atoms with van der Waals surface area (Å²) in [6.07, 6.45) is 0. The Morgan fingerprint density at radius 2 is 1.27 bits per heavy atom. The van der Waals surface area contributed by atoms with Crippen LogP contribution < -0.4 is 0 Å². The summed E-state index contributed by atoms with van der Waals surface area (Å²) in [5.74, 6) is -0.759. The summed E-state index contributed by atoms with van der Waals surface area (Å²) in [6.45, 7) is 6.94. The van der Waals surface area contributed by atoms with Crippen molar-refractivity contribution in [3.8, 4) is 0 Å². The predicted molar refractivity (Wildman–Crippen MR) is 98.4 cm³/mol. The highest BCUT2D eigenvalue weighted by molar-refractivity contribution is 6.34. The molecule has 26 heavy (non-hydrogen) atoms. The van der Waals surface area contributed by atoms with E-state index in [-0.39, 0.29) is 18.4 Å². The first-order valence-electron chi connectivity index (χ1n) is 9.35. The third-order valence-corrected chi connectivity index (χ3v) is 5.17. The fourth-order valence-corrected chi connectivity index (χ4v) is 3.54. The molecule has 2 saturated heterocycles. The van der Waals surface area contributed by atoms with Crippen molar-refractivity contribution < 1.29 is 14.7 Å². The lowest BCUT2D eigenvalue weighted by Crippen LogP contribution is -2.56. The molecular formula is C19H28N4O3. The molecule has 2 amide bonds. The molecule has 1 N–H and O–H groups in total. The standard InChI is InChI=1S/C19H28N4O3/c24-15-14-20-6-10-22(11-7-20)18(25)19(26)23-12-8-21(9-13-23)16-17-4-2-1-3-5-17/h1-5,24H,6-16H2. The fourth-order valence-electron chi connectivity index (χ4n) is 3.54. The first-order chi connectivity index (χ1) is 12.7. The number of rotatable bonds is 4. The summed E-state index contributed by atoms with van der Waals surface area (Å²) < 4.78 is 0. The van der Waals surface area contributed by atoms with Gasteiger partial charge in [0.25, 0.3) is 0 Å². The SMILES string of the molecule is O=C(C(=O)N1CCN(Cc2ccccc2)CC1)N1CCN(CCO)CC1. The maximum absolute atomic E-state index is 12.5. The van der Waals surface area contributed by atoms with Crippen LogP contribution in [0.3, 0.4) is 0 Å². The number of carbonyl (C=O) groups is 2. The molecule has 0 aromatic heterocycles. The number of piperazine rings is 2. The minimum atomic E-state index is -0.384. The van der Waals surface area contributed by atoms with Crippen LogP contribution in [0, 0.1) is 0 Å². The van der Waals surface area contributed by atoms with Crippen LogP contribution in [-0.2, 0) is 16.1 Å². The molecule has 0 radical (unpaired) electrons. The molecule has 2 aliphatic rings. The van der Waals surface area contributed by atoms with Crippen LogP contribution in [0.1, 0.15) is 5.56 Å². The molecule has 1 aromatic carbocycles. The smallest absolute Gasteiger partial charge is 0.312 e. The van der Waals surface area contributed by atoms with Crippen molar-refractivity contribution in [3.05, 3.63) is 35.9 Å². The van der Waals surface area contributed by atoms with Crippen molar-refractivity contribution in [2.24, 2.45) is 0 Å². The molecule has 7 nitrogen and oxygen atoms in total. The highest BCUT2D eigenvalue weighted by Crippen LogP contribution is 2.10. The summed E-state index contributed by atoms with van der Waals surface area (Å²) in [6, 6.07) is 10.3. The summed E-state index contributed by atoms with van der Waals surface area (Å²) in [5, 5.41) is 8.98. The van der Waals surface area contributed by atoms with Crippen molar-refractivity contribution in [3.63, 3.8) is 0 Å². The highest BCUT2D eigenvalue weighted by Gasteiger charge is 2.31. The molecule has 0 saturated carbocycles. The molecule has 2 aliphatic heterocycles. The Bertz CT molecular complexity index is 594. The Balaban J connectivity index is 1.44. The van der Waals surface area contributed by atoms with Crippen molar-refractivity contribution in [1.82, 2.24) is 19.6 Å². The normalized spacial score (nSPS) is 19.6. The summed E-state index contributed by atoms with van der Waals surface area (Å²) in [7, 11) is 0. The van der Waals surface area contributed by atoms with Gasteiger partial charge in [-0.3, -0.25) is 19.4 Å². The molecule has 142 valence electrons. The number of aliphatic hydroxyl groups is 1. The highest BCUT2D eigenvalue weighted by atomic mass is 16.3. The second kappa shape index (κ2) is 9.12. The quantitative estimate of drug-likeness (QED) is 0.731. The van der Waals surface area contributed by atoms with E-state index >= 15 is 0 Å². The maximum Gasteiger partial charge on any atom is 0.312 e. The van der Waals surface area contributed by atoms with Crippen molar-refractivity contribution >= 4 is 11.8 Å². The minimum absolute atomic E-state index is 0.125. The van der Waals surface area contributed by atoms with Crippen LogP contribution in [0.5, 0.6) is 0 Å². The van der Waals surface area contributed by atoms with Crippen LogP contribution in [0.2, 0.25) is 0 Å². The average Bonchev–Trinajstić information content (AvgIpc) is 2.69. The van der Waals surface area contributed by atoms with Gasteiger partial charge in [0.1, 0.15) is 0 Å². The topological polar surface area (TPSA) is 67.3 Å². The van der Waals surface area contributed by atoms with Gasteiger partial charge in [-0.25, -0.2) is 0 Å². The lowest BCUT2D eigenvalue weighted by Gasteiger charge is -2.37. The third kappa shape index (κ3) is 4.81. The Morgan fingerprint density at radius 1 is 0.769 bits per heavy atom. The number of hydrogen-bond acceptors (Lipinski definition) is 5. The number of benzene rings is 1. The largest absolute Gasteiger partial charge is 0.395 e. The van der Waals surface area contributed by atoms with E-state index in [9.17, 15) is 9.59 Å². The first-order valence-corrected chi connectivity index (χ1v) is 9.35. The number of hydrogen-bond donors (Lipinski definition) is 1. The van der Waals surface area contributed by atoms with E-state index in [1.54, 1.807) is 9.80 Å². The molecule has 2 heterocycles. The Hall–Kier alpha value is -1.96. The molecule has 2 fully saturated rings. The van der Waals surface area contributed by atoms with E-state index in [1.807, 2.05) is 18.2 Å². The van der Waals surface area contributed by atoms with Crippen LogP contribution in [0.4, 0.5) is 0 Å². The van der Waals surface area contributed by atoms with Crippen molar-refractivity contribution in [2.45, 2.75) is 6.54 Å². The molecule has 7 heteroatoms. The Labute approximate surface area is 154 Å². The van der Waals surface area contributed by atoms with Gasteiger partial charge in [-0.15, -0.1) is 0 Å². The number of carbonyl (C=O) groups excluding carboxylic acids is 2. The average molecular weight is 360 g/mol. The van der Waals surface area contributed by atoms with Crippen LogP contribution >= 0.6 is 0 Å². The Kier molecular flexibility index (Phi) is 6.60. The van der Waals surface area contributed by atoms with Gasteiger partial charge in [0.15, 0.2) is 0 Å². The van der Waals surface area contributed by atoms with Gasteiger partial charge in [0.2, 0.25) is 0 Å². The van der Waals surface area contributed by atoms with Gasteiger partial charge >= 0.3 is 11.8 Å². The van der Waals surface area contributed by atoms with Gasteiger partial charge in [-0.05, 0) is 5.56 Å². The zero-order valence-electron chi connectivity index (χ0n) is 15.2. The van der Waals surface area contributed by atoms with E-state index in [0.717, 1.165) is 19.6 Å². The molecule has 0 bridgehead atoms. The molecule has 1 aromatic rings. The second-order valence-corrected chi connectivity index (χ2v) is 6.91. The molecule has 3 rings (SSSR count). The number of β-amino-alcohol motifs (C(OH)–C–C–N with tert-alkyl or cyclic N) is 1. The molecular weight excluding hydrogens is 332 g/mol. The zero-order valence-corrected chi connectivity index (χ0v) is 15.2. The Morgan fingerprint density at radius 3 is 1.77 bits per heavy atom. The van der Waals surface area contributed by atoms with Gasteiger partial charge in [-0.1, -0.05) is 30.3 Å². The summed E-state index contributed by atoms with van der Waals surface area (Å²) in [5.41, 5.74) is 1.27. The van der Waals surface area contributed by atoms with E-state index < -0.39 is 0 Å². The van der Waals surface area contributed by atoms with Gasteiger partial charge < -0.3 is 14.9 Å². The lowest BCUT2D eigenvalue weighted by molar-refractivity contribution is -0.153. The second-order valence-electron chi connectivity index (χ2n) is 6.91. The van der Waals surface area contributed by atoms with E-state index in [0.29, 0.717) is 45.8 Å². The van der Waals surface area contributed by atoms with Crippen LogP contribution in [0.25, 0.3) is 0 Å². The van der Waals surface area contributed by atoms with Crippen molar-refractivity contribution in [2.75, 3.05) is 65.5 Å². The number of nitrogens with zero attached hydrogens (tertiary/aromatic N) is 4. The molecule has 0 aliphatic carbocycles. The zero-order chi connectivity index (χ0) is 18.4. The van der Waals surface area contributed by atoms with Gasteiger partial charge in [0.05, 0.1) is 6.61 Å². The molecule has 0 atom stereocenters. The molecule has 0 unspecified atom stereocenters. The molecule has 0 spiro atoms.